The lowest BCUT2D eigenvalue weighted by Gasteiger charge is -2.37. The maximum absolute atomic E-state index is 9.88. The van der Waals surface area contributed by atoms with E-state index < -0.39 is 0 Å². The second-order valence-corrected chi connectivity index (χ2v) is 15.6. The van der Waals surface area contributed by atoms with Crippen molar-refractivity contribution in [2.45, 2.75) is 92.9 Å². The van der Waals surface area contributed by atoms with Crippen LogP contribution in [0.2, 0.25) is 10.0 Å². The summed E-state index contributed by atoms with van der Waals surface area (Å²) in [6.45, 7) is 22.0. The fraction of sp³-hybridized carbons (Fsp3) is 0.444. The number of nitrogens with zero attached hydrogens (tertiary/aromatic N) is 2. The van der Waals surface area contributed by atoms with Gasteiger partial charge in [-0.05, 0) is 70.9 Å². The van der Waals surface area contributed by atoms with E-state index in [-0.39, 0.29) is 32.8 Å². The van der Waals surface area contributed by atoms with Crippen molar-refractivity contribution in [2.75, 3.05) is 0 Å². The van der Waals surface area contributed by atoms with Crippen molar-refractivity contribution in [3.05, 3.63) is 80.8 Å². The zero-order chi connectivity index (χ0) is 31.7. The standard InChI is InChI=1S/C36H42Cl2N2O2/c1-33(2,3)21-35(7,8)25-17-32(42-30-16-12-14-28(38)24(30)20-40)26(36(9,10)22-34(4,5)6)18-31(25)41-29-15-11-13-27(37)23(29)19-39/h11-18H,21-22H2,1-10H3. The molecule has 0 aliphatic carbocycles. The van der Waals surface area contributed by atoms with Crippen LogP contribution in [-0.2, 0) is 10.8 Å². The van der Waals surface area contributed by atoms with Gasteiger partial charge in [0, 0.05) is 11.1 Å². The Hall–Kier alpha value is -3.18. The second-order valence-electron chi connectivity index (χ2n) is 14.7. The molecule has 3 rings (SSSR count). The second kappa shape index (κ2) is 12.2. The predicted octanol–water partition coefficient (Wildman–Crippen LogP) is 11.7. The summed E-state index contributed by atoms with van der Waals surface area (Å²) in [7, 11) is 0. The van der Waals surface area contributed by atoms with Crippen LogP contribution in [0.5, 0.6) is 23.0 Å². The molecular weight excluding hydrogens is 563 g/mol. The molecule has 0 saturated carbocycles. The quantitative estimate of drug-likeness (QED) is 0.256. The predicted molar refractivity (Wildman–Crippen MR) is 173 cm³/mol. The first-order chi connectivity index (χ1) is 19.3. The minimum atomic E-state index is -0.351. The number of nitriles is 2. The number of ether oxygens (including phenoxy) is 2. The molecule has 42 heavy (non-hydrogen) atoms. The minimum Gasteiger partial charge on any atom is -0.456 e. The molecule has 6 heteroatoms. The van der Waals surface area contributed by atoms with Gasteiger partial charge in [0.2, 0.25) is 0 Å². The van der Waals surface area contributed by atoms with Crippen LogP contribution in [-0.4, -0.2) is 0 Å². The minimum absolute atomic E-state index is 0.0147. The highest BCUT2D eigenvalue weighted by atomic mass is 35.5. The first-order valence-electron chi connectivity index (χ1n) is 14.2. The molecule has 0 aliphatic rings. The average molecular weight is 606 g/mol. The highest BCUT2D eigenvalue weighted by Crippen LogP contribution is 2.50. The molecular formula is C36H42Cl2N2O2. The van der Waals surface area contributed by atoms with Crippen molar-refractivity contribution in [3.63, 3.8) is 0 Å². The van der Waals surface area contributed by atoms with Gasteiger partial charge in [0.05, 0.1) is 10.0 Å². The molecule has 0 aliphatic heterocycles. The van der Waals surface area contributed by atoms with Gasteiger partial charge in [0.25, 0.3) is 0 Å². The number of hydrogen-bond acceptors (Lipinski definition) is 4. The Kier molecular flexibility index (Phi) is 9.68. The lowest BCUT2D eigenvalue weighted by atomic mass is 9.69. The van der Waals surface area contributed by atoms with E-state index >= 15 is 0 Å². The maximum atomic E-state index is 9.88. The normalized spacial score (nSPS) is 12.4. The van der Waals surface area contributed by atoms with Crippen LogP contribution in [0.4, 0.5) is 0 Å². The molecule has 0 bridgehead atoms. The van der Waals surface area contributed by atoms with Gasteiger partial charge in [0.15, 0.2) is 0 Å². The van der Waals surface area contributed by atoms with Crippen LogP contribution < -0.4 is 9.47 Å². The first kappa shape index (κ1) is 33.3. The Morgan fingerprint density at radius 1 is 0.571 bits per heavy atom. The molecule has 0 fully saturated rings. The molecule has 0 N–H and O–H groups in total. The summed E-state index contributed by atoms with van der Waals surface area (Å²) in [5.41, 5.74) is 1.74. The van der Waals surface area contributed by atoms with Crippen molar-refractivity contribution in [2.24, 2.45) is 10.8 Å². The number of rotatable bonds is 8. The summed E-state index contributed by atoms with van der Waals surface area (Å²) in [5.74, 6) is 2.07. The third-order valence-electron chi connectivity index (χ3n) is 7.10. The highest BCUT2D eigenvalue weighted by Gasteiger charge is 2.36. The van der Waals surface area contributed by atoms with E-state index in [2.05, 4.69) is 81.4 Å². The van der Waals surface area contributed by atoms with Gasteiger partial charge in [-0.2, -0.15) is 10.5 Å². The summed E-state index contributed by atoms with van der Waals surface area (Å²) in [5, 5.41) is 20.4. The molecule has 0 spiro atoms. The van der Waals surface area contributed by atoms with Gasteiger partial charge in [0.1, 0.15) is 46.3 Å². The van der Waals surface area contributed by atoms with E-state index in [9.17, 15) is 10.5 Å². The molecule has 222 valence electrons. The molecule has 0 aromatic heterocycles. The molecule has 3 aromatic rings. The largest absolute Gasteiger partial charge is 0.456 e. The van der Waals surface area contributed by atoms with Crippen LogP contribution in [0.25, 0.3) is 0 Å². The Labute approximate surface area is 262 Å². The topological polar surface area (TPSA) is 66.0 Å². The zero-order valence-corrected chi connectivity index (χ0v) is 28.0. The highest BCUT2D eigenvalue weighted by molar-refractivity contribution is 6.32. The van der Waals surface area contributed by atoms with Crippen LogP contribution in [0.15, 0.2) is 48.5 Å². The summed E-state index contributed by atoms with van der Waals surface area (Å²) in [6.07, 6.45) is 1.70. The molecule has 0 saturated heterocycles. The molecule has 0 atom stereocenters. The van der Waals surface area contributed by atoms with Gasteiger partial charge in [-0.15, -0.1) is 0 Å². The van der Waals surface area contributed by atoms with Gasteiger partial charge in [-0.1, -0.05) is 105 Å². The Morgan fingerprint density at radius 3 is 1.19 bits per heavy atom. The third-order valence-corrected chi connectivity index (χ3v) is 7.73. The number of halogens is 2. The Balaban J connectivity index is 2.39. The van der Waals surface area contributed by atoms with Crippen molar-refractivity contribution in [1.29, 1.82) is 10.5 Å². The van der Waals surface area contributed by atoms with Gasteiger partial charge >= 0.3 is 0 Å². The molecule has 0 radical (unpaired) electrons. The van der Waals surface area contributed by atoms with Gasteiger partial charge in [-0.3, -0.25) is 0 Å². The molecule has 0 unspecified atom stereocenters. The summed E-state index contributed by atoms with van der Waals surface area (Å²) < 4.78 is 13.2. The van der Waals surface area contributed by atoms with E-state index in [1.807, 2.05) is 12.1 Å². The van der Waals surface area contributed by atoms with Crippen LogP contribution in [0, 0.1) is 33.5 Å². The lowest BCUT2D eigenvalue weighted by Crippen LogP contribution is -2.28. The van der Waals surface area contributed by atoms with Crippen molar-refractivity contribution in [1.82, 2.24) is 0 Å². The van der Waals surface area contributed by atoms with Crippen LogP contribution in [0.3, 0.4) is 0 Å². The number of hydrogen-bond donors (Lipinski definition) is 0. The average Bonchev–Trinajstić information content (AvgIpc) is 2.82. The number of benzene rings is 3. The fourth-order valence-electron chi connectivity index (χ4n) is 6.26. The van der Waals surface area contributed by atoms with Gasteiger partial charge < -0.3 is 9.47 Å². The fourth-order valence-corrected chi connectivity index (χ4v) is 6.68. The van der Waals surface area contributed by atoms with E-state index in [0.29, 0.717) is 33.0 Å². The van der Waals surface area contributed by atoms with E-state index in [0.717, 1.165) is 24.0 Å². The Morgan fingerprint density at radius 2 is 0.905 bits per heavy atom. The van der Waals surface area contributed by atoms with E-state index in [1.165, 1.54) is 0 Å². The summed E-state index contributed by atoms with van der Waals surface area (Å²) >= 11 is 12.8. The van der Waals surface area contributed by atoms with Gasteiger partial charge in [-0.25, -0.2) is 0 Å². The summed E-state index contributed by atoms with van der Waals surface area (Å²) in [6, 6.07) is 18.9. The molecule has 0 amide bonds. The smallest absolute Gasteiger partial charge is 0.146 e. The monoisotopic (exact) mass is 604 g/mol. The Bertz CT molecular complexity index is 1430. The van der Waals surface area contributed by atoms with E-state index in [4.69, 9.17) is 32.7 Å². The van der Waals surface area contributed by atoms with Crippen molar-refractivity contribution >= 4 is 23.2 Å². The summed E-state index contributed by atoms with van der Waals surface area (Å²) in [4.78, 5) is 0. The van der Waals surface area contributed by atoms with Crippen molar-refractivity contribution < 1.29 is 9.47 Å². The molecule has 0 heterocycles. The maximum Gasteiger partial charge on any atom is 0.146 e. The third kappa shape index (κ3) is 8.01. The van der Waals surface area contributed by atoms with E-state index in [1.54, 1.807) is 36.4 Å². The van der Waals surface area contributed by atoms with Crippen LogP contribution >= 0.6 is 23.2 Å². The first-order valence-corrected chi connectivity index (χ1v) is 15.0. The lowest BCUT2D eigenvalue weighted by molar-refractivity contribution is 0.272. The molecule has 3 aromatic carbocycles. The van der Waals surface area contributed by atoms with Crippen LogP contribution in [0.1, 0.15) is 104 Å². The SMILES string of the molecule is CC(C)(C)CC(C)(C)c1cc(Oc2cccc(Cl)c2C#N)c(C(C)(C)CC(C)(C)C)cc1Oc1cccc(Cl)c1C#N. The molecule has 4 nitrogen and oxygen atoms in total. The zero-order valence-electron chi connectivity index (χ0n) is 26.5. The van der Waals surface area contributed by atoms with Crippen molar-refractivity contribution in [3.8, 4) is 35.1 Å².